The van der Waals surface area contributed by atoms with E-state index in [-0.39, 0.29) is 11.9 Å². The van der Waals surface area contributed by atoms with E-state index in [1.807, 2.05) is 42.8 Å². The summed E-state index contributed by atoms with van der Waals surface area (Å²) < 4.78 is 7.31. The van der Waals surface area contributed by atoms with Crippen LogP contribution < -0.4 is 10.6 Å². The number of oxazole rings is 1. The molecule has 0 saturated carbocycles. The highest BCUT2D eigenvalue weighted by Gasteiger charge is 2.23. The summed E-state index contributed by atoms with van der Waals surface area (Å²) in [7, 11) is 0. The van der Waals surface area contributed by atoms with Crippen molar-refractivity contribution >= 4 is 11.6 Å². The molecule has 0 atom stereocenters. The molecule has 2 N–H and O–H groups in total. The number of benzene rings is 1. The number of aromatic nitrogens is 4. The minimum Gasteiger partial charge on any atom is -0.444 e. The first-order valence-corrected chi connectivity index (χ1v) is 9.08. The fourth-order valence-corrected chi connectivity index (χ4v) is 3.36. The van der Waals surface area contributed by atoms with Gasteiger partial charge in [0.1, 0.15) is 6.26 Å². The molecular weight excluding hydrogens is 344 g/mol. The van der Waals surface area contributed by atoms with Gasteiger partial charge in [-0.1, -0.05) is 11.3 Å². The Hall–Kier alpha value is -3.00. The molecule has 0 unspecified atom stereocenters. The number of nitrogens with one attached hydrogen (secondary N) is 2. The molecule has 0 aliphatic carbocycles. The molecule has 140 valence electrons. The fraction of sp³-hybridized carbons (Fsp3) is 0.368. The molecule has 0 spiro atoms. The quantitative estimate of drug-likeness (QED) is 0.737. The Balaban J connectivity index is 1.52. The highest BCUT2D eigenvalue weighted by atomic mass is 16.3. The number of anilines is 1. The lowest BCUT2D eigenvalue weighted by Gasteiger charge is -2.23. The first-order chi connectivity index (χ1) is 13.1. The van der Waals surface area contributed by atoms with Crippen LogP contribution in [0.5, 0.6) is 0 Å². The van der Waals surface area contributed by atoms with E-state index in [1.54, 1.807) is 6.26 Å². The van der Waals surface area contributed by atoms with Crippen LogP contribution in [0.1, 0.15) is 40.8 Å². The van der Waals surface area contributed by atoms with Crippen molar-refractivity contribution in [3.63, 3.8) is 0 Å². The Morgan fingerprint density at radius 3 is 2.85 bits per heavy atom. The van der Waals surface area contributed by atoms with Crippen molar-refractivity contribution in [2.75, 3.05) is 18.4 Å². The number of piperidine rings is 1. The number of aryl methyl sites for hydroxylation is 1. The zero-order valence-electron chi connectivity index (χ0n) is 15.4. The van der Waals surface area contributed by atoms with Crippen LogP contribution in [0.15, 0.2) is 34.9 Å². The predicted octanol–water partition coefficient (Wildman–Crippen LogP) is 2.73. The summed E-state index contributed by atoms with van der Waals surface area (Å²) in [5.74, 6) is 0.255. The third kappa shape index (κ3) is 3.61. The minimum atomic E-state index is -0.270. The van der Waals surface area contributed by atoms with Gasteiger partial charge in [-0.25, -0.2) is 9.67 Å². The van der Waals surface area contributed by atoms with E-state index in [1.165, 1.54) is 0 Å². The number of rotatable bonds is 4. The lowest BCUT2D eigenvalue weighted by molar-refractivity contribution is 0.102. The van der Waals surface area contributed by atoms with Crippen molar-refractivity contribution in [2.24, 2.45) is 0 Å². The summed E-state index contributed by atoms with van der Waals surface area (Å²) >= 11 is 0. The molecule has 27 heavy (non-hydrogen) atoms. The summed E-state index contributed by atoms with van der Waals surface area (Å²) in [6, 6.07) is 7.68. The number of nitrogens with zero attached hydrogens (tertiary/aromatic N) is 4. The van der Waals surface area contributed by atoms with Crippen molar-refractivity contribution < 1.29 is 9.21 Å². The fourth-order valence-electron chi connectivity index (χ4n) is 3.36. The number of amides is 1. The third-order valence-electron chi connectivity index (χ3n) is 4.78. The lowest BCUT2D eigenvalue weighted by Crippen LogP contribution is -2.30. The average molecular weight is 366 g/mol. The van der Waals surface area contributed by atoms with Crippen LogP contribution in [0.25, 0.3) is 11.5 Å². The van der Waals surface area contributed by atoms with Crippen molar-refractivity contribution in [3.05, 3.63) is 47.6 Å². The first kappa shape index (κ1) is 17.4. The van der Waals surface area contributed by atoms with E-state index in [4.69, 9.17) is 4.42 Å². The van der Waals surface area contributed by atoms with Crippen molar-refractivity contribution in [3.8, 4) is 11.5 Å². The molecule has 1 fully saturated rings. The maximum atomic E-state index is 12.7. The zero-order valence-corrected chi connectivity index (χ0v) is 15.4. The zero-order chi connectivity index (χ0) is 18.8. The Morgan fingerprint density at radius 1 is 1.30 bits per heavy atom. The molecule has 1 saturated heterocycles. The van der Waals surface area contributed by atoms with Gasteiger partial charge in [0.05, 0.1) is 17.4 Å². The topological polar surface area (TPSA) is 97.9 Å². The van der Waals surface area contributed by atoms with Crippen LogP contribution in [0, 0.1) is 13.8 Å². The largest absolute Gasteiger partial charge is 0.444 e. The van der Waals surface area contributed by atoms with Gasteiger partial charge in [0.15, 0.2) is 5.69 Å². The maximum absolute atomic E-state index is 12.7. The van der Waals surface area contributed by atoms with Gasteiger partial charge in [0, 0.05) is 11.3 Å². The molecule has 3 heterocycles. The van der Waals surface area contributed by atoms with Crippen molar-refractivity contribution in [1.82, 2.24) is 25.3 Å². The van der Waals surface area contributed by atoms with E-state index in [9.17, 15) is 4.79 Å². The van der Waals surface area contributed by atoms with Crippen LogP contribution in [0.2, 0.25) is 0 Å². The van der Waals surface area contributed by atoms with Crippen molar-refractivity contribution in [1.29, 1.82) is 0 Å². The first-order valence-electron chi connectivity index (χ1n) is 9.08. The molecule has 1 aliphatic heterocycles. The molecule has 1 amide bonds. The molecule has 4 rings (SSSR count). The second-order valence-electron chi connectivity index (χ2n) is 6.78. The molecule has 3 aromatic rings. The van der Waals surface area contributed by atoms with Crippen LogP contribution >= 0.6 is 0 Å². The highest BCUT2D eigenvalue weighted by Crippen LogP contribution is 2.23. The Labute approximate surface area is 157 Å². The van der Waals surface area contributed by atoms with Gasteiger partial charge >= 0.3 is 0 Å². The molecule has 0 bridgehead atoms. The van der Waals surface area contributed by atoms with Crippen LogP contribution in [0.3, 0.4) is 0 Å². The van der Waals surface area contributed by atoms with Gasteiger partial charge in [-0.3, -0.25) is 4.79 Å². The standard InChI is InChI=1S/C19H22N6O2/c1-12-11-27-19(21-12)14-4-3-5-15(10-14)22-18(26)17-13(2)25(24-23-17)16-6-8-20-9-7-16/h3-5,10-11,16,20H,6-9H2,1-2H3,(H,22,26). The van der Waals surface area contributed by atoms with Gasteiger partial charge in [-0.2, -0.15) is 0 Å². The molecular formula is C19H22N6O2. The summed E-state index contributed by atoms with van der Waals surface area (Å²) in [5.41, 5.74) is 3.41. The lowest BCUT2D eigenvalue weighted by atomic mass is 10.1. The van der Waals surface area contributed by atoms with E-state index >= 15 is 0 Å². The monoisotopic (exact) mass is 366 g/mol. The van der Waals surface area contributed by atoms with E-state index in [2.05, 4.69) is 25.9 Å². The van der Waals surface area contributed by atoms with Gasteiger partial charge in [0.25, 0.3) is 5.91 Å². The number of carbonyl (C=O) groups excluding carboxylic acids is 1. The van der Waals surface area contributed by atoms with E-state index in [0.29, 0.717) is 17.3 Å². The van der Waals surface area contributed by atoms with E-state index < -0.39 is 0 Å². The molecule has 0 radical (unpaired) electrons. The second-order valence-corrected chi connectivity index (χ2v) is 6.78. The van der Waals surface area contributed by atoms with Crippen LogP contribution in [-0.4, -0.2) is 39.0 Å². The highest BCUT2D eigenvalue weighted by molar-refractivity contribution is 6.03. The Bertz CT molecular complexity index is 955. The van der Waals surface area contributed by atoms with Crippen molar-refractivity contribution in [2.45, 2.75) is 32.7 Å². The molecule has 1 aromatic carbocycles. The van der Waals surface area contributed by atoms with Gasteiger partial charge < -0.3 is 15.1 Å². The van der Waals surface area contributed by atoms with Crippen LogP contribution in [-0.2, 0) is 0 Å². The number of hydrogen-bond donors (Lipinski definition) is 2. The van der Waals surface area contributed by atoms with Gasteiger partial charge in [-0.05, 0) is 58.0 Å². The van der Waals surface area contributed by atoms with Gasteiger partial charge in [-0.15, -0.1) is 5.10 Å². The summed E-state index contributed by atoms with van der Waals surface area (Å²) in [4.78, 5) is 17.0. The van der Waals surface area contributed by atoms with E-state index in [0.717, 1.165) is 42.9 Å². The normalized spacial score (nSPS) is 15.0. The van der Waals surface area contributed by atoms with Gasteiger partial charge in [0.2, 0.25) is 5.89 Å². The molecule has 8 heteroatoms. The summed E-state index contributed by atoms with van der Waals surface area (Å²) in [6.07, 6.45) is 3.58. The summed E-state index contributed by atoms with van der Waals surface area (Å²) in [5, 5.41) is 14.6. The number of hydrogen-bond acceptors (Lipinski definition) is 6. The maximum Gasteiger partial charge on any atom is 0.278 e. The predicted molar refractivity (Wildman–Crippen MR) is 101 cm³/mol. The SMILES string of the molecule is Cc1coc(-c2cccc(NC(=O)c3nnn(C4CCNCC4)c3C)c2)n1. The van der Waals surface area contributed by atoms with Crippen LogP contribution in [0.4, 0.5) is 5.69 Å². The smallest absolute Gasteiger partial charge is 0.278 e. The third-order valence-corrected chi connectivity index (χ3v) is 4.78. The average Bonchev–Trinajstić information content (AvgIpc) is 3.28. The minimum absolute atomic E-state index is 0.270. The Kier molecular flexibility index (Phi) is 4.72. The molecule has 1 aliphatic rings. The summed E-state index contributed by atoms with van der Waals surface area (Å²) in [6.45, 7) is 5.67. The second kappa shape index (κ2) is 7.32. The number of carbonyl (C=O) groups is 1. The molecule has 2 aromatic heterocycles. The molecule has 8 nitrogen and oxygen atoms in total. The Morgan fingerprint density at radius 2 is 2.11 bits per heavy atom.